The van der Waals surface area contributed by atoms with Gasteiger partial charge in [-0.2, -0.15) is 0 Å². The fourth-order valence-corrected chi connectivity index (χ4v) is 1.32. The molecule has 2 heteroatoms. The average molecular weight is 141 g/mol. The minimum absolute atomic E-state index is 0.366. The molecule has 0 unspecified atom stereocenters. The molecule has 1 heterocycles. The van der Waals surface area contributed by atoms with Crippen LogP contribution in [0.1, 0.15) is 20.3 Å². The zero-order valence-corrected chi connectivity index (χ0v) is 6.76. The quantitative estimate of drug-likeness (QED) is 0.582. The topological polar surface area (TPSA) is 20.3 Å². The lowest BCUT2D eigenvalue weighted by Gasteiger charge is -2.37. The molecule has 0 aliphatic carbocycles. The predicted molar refractivity (Wildman–Crippen MR) is 40.9 cm³/mol. The molecule has 0 radical (unpaired) electrons. The van der Waals surface area contributed by atoms with Crippen LogP contribution in [0.2, 0.25) is 0 Å². The van der Waals surface area contributed by atoms with Crippen molar-refractivity contribution in [2.75, 3.05) is 19.6 Å². The highest BCUT2D eigenvalue weighted by atomic mass is 16.1. The number of carbonyl (C=O) groups is 1. The number of hydrogen-bond acceptors (Lipinski definition) is 2. The molecule has 1 aliphatic rings. The van der Waals surface area contributed by atoms with Crippen LogP contribution in [-0.4, -0.2) is 30.3 Å². The Labute approximate surface area is 62.2 Å². The Morgan fingerprint density at radius 2 is 2.10 bits per heavy atom. The van der Waals surface area contributed by atoms with E-state index in [1.165, 1.54) is 0 Å². The van der Waals surface area contributed by atoms with Crippen molar-refractivity contribution in [2.45, 2.75) is 20.3 Å². The molecule has 1 saturated heterocycles. The molecule has 2 nitrogen and oxygen atoms in total. The smallest absolute Gasteiger partial charge is 0.138 e. The van der Waals surface area contributed by atoms with E-state index in [9.17, 15) is 4.79 Å². The van der Waals surface area contributed by atoms with Gasteiger partial charge in [-0.15, -0.1) is 0 Å². The highest BCUT2D eigenvalue weighted by Crippen LogP contribution is 2.16. The van der Waals surface area contributed by atoms with Gasteiger partial charge in [-0.25, -0.2) is 0 Å². The maximum atomic E-state index is 11.0. The maximum absolute atomic E-state index is 11.0. The summed E-state index contributed by atoms with van der Waals surface area (Å²) in [6, 6.07) is 0. The van der Waals surface area contributed by atoms with E-state index in [-0.39, 0.29) is 0 Å². The molecule has 0 amide bonds. The number of hydrogen-bond donors (Lipinski definition) is 0. The Hall–Kier alpha value is -0.370. The van der Waals surface area contributed by atoms with Crippen molar-refractivity contribution in [2.24, 2.45) is 5.92 Å². The minimum Gasteiger partial charge on any atom is -0.302 e. The summed E-state index contributed by atoms with van der Waals surface area (Å²) in [4.78, 5) is 13.3. The average Bonchev–Trinajstić information content (AvgIpc) is 1.85. The second-order valence-electron chi connectivity index (χ2n) is 2.87. The van der Waals surface area contributed by atoms with Crippen LogP contribution in [0.5, 0.6) is 0 Å². The summed E-state index contributed by atoms with van der Waals surface area (Å²) in [6.45, 7) is 7.17. The van der Waals surface area contributed by atoms with Crippen LogP contribution in [0.15, 0.2) is 0 Å². The van der Waals surface area contributed by atoms with Crippen LogP contribution in [0, 0.1) is 5.92 Å². The van der Waals surface area contributed by atoms with Gasteiger partial charge in [0.05, 0.1) is 0 Å². The van der Waals surface area contributed by atoms with Crippen LogP contribution in [0.25, 0.3) is 0 Å². The zero-order chi connectivity index (χ0) is 7.56. The highest BCUT2D eigenvalue weighted by Gasteiger charge is 2.29. The van der Waals surface area contributed by atoms with E-state index in [2.05, 4.69) is 11.8 Å². The normalized spacial score (nSPS) is 20.6. The first-order valence-corrected chi connectivity index (χ1v) is 4.03. The molecule has 1 rings (SSSR count). The molecule has 0 bridgehead atoms. The SMILES string of the molecule is CCC(=O)C1CN(CC)C1. The van der Waals surface area contributed by atoms with Crippen molar-refractivity contribution in [1.82, 2.24) is 4.90 Å². The van der Waals surface area contributed by atoms with Crippen molar-refractivity contribution in [3.63, 3.8) is 0 Å². The molecule has 0 aromatic rings. The standard InChI is InChI=1S/C8H15NO/c1-3-8(10)7-5-9(4-2)6-7/h7H,3-6H2,1-2H3. The molecule has 1 fully saturated rings. The first-order valence-electron chi connectivity index (χ1n) is 4.03. The minimum atomic E-state index is 0.366. The Balaban J connectivity index is 2.19. The first-order chi connectivity index (χ1) is 4.77. The van der Waals surface area contributed by atoms with Gasteiger partial charge < -0.3 is 4.90 Å². The summed E-state index contributed by atoms with van der Waals surface area (Å²) < 4.78 is 0. The summed E-state index contributed by atoms with van der Waals surface area (Å²) in [5, 5.41) is 0. The summed E-state index contributed by atoms with van der Waals surface area (Å²) >= 11 is 0. The molecule has 10 heavy (non-hydrogen) atoms. The Morgan fingerprint density at radius 3 is 2.50 bits per heavy atom. The molecule has 0 N–H and O–H groups in total. The molecule has 0 atom stereocenters. The molecule has 0 spiro atoms. The van der Waals surface area contributed by atoms with Crippen LogP contribution >= 0.6 is 0 Å². The second kappa shape index (κ2) is 3.15. The van der Waals surface area contributed by atoms with E-state index in [0.717, 1.165) is 19.6 Å². The van der Waals surface area contributed by atoms with E-state index >= 15 is 0 Å². The number of rotatable bonds is 3. The zero-order valence-electron chi connectivity index (χ0n) is 6.76. The third-order valence-electron chi connectivity index (χ3n) is 2.21. The third kappa shape index (κ3) is 1.37. The monoisotopic (exact) mass is 141 g/mol. The lowest BCUT2D eigenvalue weighted by molar-refractivity contribution is -0.127. The van der Waals surface area contributed by atoms with Gasteiger partial charge >= 0.3 is 0 Å². The maximum Gasteiger partial charge on any atom is 0.138 e. The third-order valence-corrected chi connectivity index (χ3v) is 2.21. The largest absolute Gasteiger partial charge is 0.302 e. The van der Waals surface area contributed by atoms with E-state index in [4.69, 9.17) is 0 Å². The molecule has 0 aromatic carbocycles. The molecular weight excluding hydrogens is 126 g/mol. The van der Waals surface area contributed by atoms with Crippen LogP contribution in [0.4, 0.5) is 0 Å². The predicted octanol–water partition coefficient (Wildman–Crippen LogP) is 0.917. The Bertz CT molecular complexity index is 127. The van der Waals surface area contributed by atoms with E-state index < -0.39 is 0 Å². The van der Waals surface area contributed by atoms with Crippen molar-refractivity contribution >= 4 is 5.78 Å². The molecule has 0 aromatic heterocycles. The van der Waals surface area contributed by atoms with E-state index in [1.54, 1.807) is 0 Å². The van der Waals surface area contributed by atoms with Crippen molar-refractivity contribution < 1.29 is 4.79 Å². The number of likely N-dealkylation sites (tertiary alicyclic amines) is 1. The number of ketones is 1. The summed E-state index contributed by atoms with van der Waals surface area (Å²) in [5.74, 6) is 0.801. The molecule has 58 valence electrons. The van der Waals surface area contributed by atoms with E-state index in [1.807, 2.05) is 6.92 Å². The number of nitrogens with zero attached hydrogens (tertiary/aromatic N) is 1. The first kappa shape index (κ1) is 7.73. The van der Waals surface area contributed by atoms with Gasteiger partial charge in [-0.05, 0) is 6.54 Å². The van der Waals surface area contributed by atoms with Gasteiger partial charge in [-0.3, -0.25) is 4.79 Å². The second-order valence-corrected chi connectivity index (χ2v) is 2.87. The fraction of sp³-hybridized carbons (Fsp3) is 0.875. The van der Waals surface area contributed by atoms with Gasteiger partial charge in [0.2, 0.25) is 0 Å². The number of Topliss-reactive ketones (excluding diaryl/α,β-unsaturated/α-hetero) is 1. The lowest BCUT2D eigenvalue weighted by Crippen LogP contribution is -2.49. The summed E-state index contributed by atoms with van der Waals surface area (Å²) in [6.07, 6.45) is 0.711. The van der Waals surface area contributed by atoms with Crippen molar-refractivity contribution in [3.8, 4) is 0 Å². The van der Waals surface area contributed by atoms with Gasteiger partial charge in [0.1, 0.15) is 5.78 Å². The van der Waals surface area contributed by atoms with Crippen molar-refractivity contribution in [1.29, 1.82) is 0 Å². The molecular formula is C8H15NO. The molecule has 1 aliphatic heterocycles. The van der Waals surface area contributed by atoms with Gasteiger partial charge in [0.25, 0.3) is 0 Å². The fourth-order valence-electron chi connectivity index (χ4n) is 1.32. The van der Waals surface area contributed by atoms with Gasteiger partial charge in [0, 0.05) is 25.4 Å². The Kier molecular flexibility index (Phi) is 2.44. The van der Waals surface area contributed by atoms with Crippen molar-refractivity contribution in [3.05, 3.63) is 0 Å². The highest BCUT2D eigenvalue weighted by molar-refractivity contribution is 5.81. The Morgan fingerprint density at radius 1 is 1.50 bits per heavy atom. The van der Waals surface area contributed by atoms with Crippen LogP contribution in [0.3, 0.4) is 0 Å². The lowest BCUT2D eigenvalue weighted by atomic mass is 9.94. The summed E-state index contributed by atoms with van der Waals surface area (Å²) in [7, 11) is 0. The van der Waals surface area contributed by atoms with Crippen LogP contribution in [-0.2, 0) is 4.79 Å². The summed E-state index contributed by atoms with van der Waals surface area (Å²) in [5.41, 5.74) is 0. The van der Waals surface area contributed by atoms with Gasteiger partial charge in [-0.1, -0.05) is 13.8 Å². The number of carbonyl (C=O) groups excluding carboxylic acids is 1. The van der Waals surface area contributed by atoms with Gasteiger partial charge in [0.15, 0.2) is 0 Å². The van der Waals surface area contributed by atoms with E-state index in [0.29, 0.717) is 18.1 Å². The van der Waals surface area contributed by atoms with Crippen LogP contribution < -0.4 is 0 Å². The molecule has 0 saturated carbocycles.